The highest BCUT2D eigenvalue weighted by Gasteiger charge is 2.67. The average Bonchev–Trinajstić information content (AvgIpc) is 2.48. The summed E-state index contributed by atoms with van der Waals surface area (Å²) in [6, 6.07) is 0. The zero-order valence-electron chi connectivity index (χ0n) is 6.72. The van der Waals surface area contributed by atoms with Gasteiger partial charge in [-0.2, -0.15) is 0 Å². The quantitative estimate of drug-likeness (QED) is 0.637. The number of hydrogen-bond donors (Lipinski definition) is 1. The van der Waals surface area contributed by atoms with Gasteiger partial charge in [0.25, 0.3) is 5.92 Å². The van der Waals surface area contributed by atoms with E-state index in [1.165, 1.54) is 6.92 Å². The van der Waals surface area contributed by atoms with Gasteiger partial charge in [0.15, 0.2) is 0 Å². The zero-order chi connectivity index (χ0) is 9.35. The van der Waals surface area contributed by atoms with E-state index in [0.29, 0.717) is 0 Å². The summed E-state index contributed by atoms with van der Waals surface area (Å²) >= 11 is 0. The van der Waals surface area contributed by atoms with E-state index >= 15 is 0 Å². The standard InChI is InChI=1S/C7H11F2NO2/c1-4(11)12-3-6-5(2-10)7(6,8)9/h5-6H,2-3,10H2,1H3/t5-,6-/m1/s1. The molecule has 3 nitrogen and oxygen atoms in total. The van der Waals surface area contributed by atoms with Crippen LogP contribution in [0.2, 0.25) is 0 Å². The minimum atomic E-state index is -2.73. The third-order valence-electron chi connectivity index (χ3n) is 2.09. The van der Waals surface area contributed by atoms with Gasteiger partial charge in [0.05, 0.1) is 5.92 Å². The first-order valence-electron chi connectivity index (χ1n) is 3.71. The molecule has 0 spiro atoms. The fraction of sp³-hybridized carbons (Fsp3) is 0.857. The summed E-state index contributed by atoms with van der Waals surface area (Å²) in [5, 5.41) is 0. The summed E-state index contributed by atoms with van der Waals surface area (Å²) in [5.41, 5.74) is 5.09. The number of alkyl halides is 2. The Hall–Kier alpha value is -0.710. The van der Waals surface area contributed by atoms with Crippen molar-refractivity contribution in [3.8, 4) is 0 Å². The number of nitrogens with two attached hydrogens (primary N) is 1. The average molecular weight is 179 g/mol. The van der Waals surface area contributed by atoms with Gasteiger partial charge in [-0.1, -0.05) is 0 Å². The second-order valence-corrected chi connectivity index (χ2v) is 2.93. The van der Waals surface area contributed by atoms with Crippen LogP contribution in [0, 0.1) is 11.8 Å². The topological polar surface area (TPSA) is 52.3 Å². The molecule has 1 saturated carbocycles. The van der Waals surface area contributed by atoms with Crippen molar-refractivity contribution in [2.45, 2.75) is 12.8 Å². The van der Waals surface area contributed by atoms with Crippen LogP contribution in [0.25, 0.3) is 0 Å². The van der Waals surface area contributed by atoms with E-state index < -0.39 is 23.7 Å². The van der Waals surface area contributed by atoms with Crippen LogP contribution in [-0.4, -0.2) is 25.0 Å². The van der Waals surface area contributed by atoms with E-state index in [9.17, 15) is 13.6 Å². The molecule has 0 aliphatic heterocycles. The molecule has 2 atom stereocenters. The molecule has 0 bridgehead atoms. The van der Waals surface area contributed by atoms with Crippen molar-refractivity contribution >= 4 is 5.97 Å². The number of esters is 1. The van der Waals surface area contributed by atoms with Gasteiger partial charge < -0.3 is 10.5 Å². The predicted molar refractivity (Wildman–Crippen MR) is 37.6 cm³/mol. The number of carbonyl (C=O) groups excluding carboxylic acids is 1. The molecule has 5 heteroatoms. The van der Waals surface area contributed by atoms with Gasteiger partial charge in [-0.15, -0.1) is 0 Å². The van der Waals surface area contributed by atoms with Crippen molar-refractivity contribution in [1.82, 2.24) is 0 Å². The Morgan fingerprint density at radius 2 is 2.17 bits per heavy atom. The number of halogens is 2. The Labute approximate surface area is 68.9 Å². The van der Waals surface area contributed by atoms with Crippen molar-refractivity contribution in [2.75, 3.05) is 13.2 Å². The molecule has 1 rings (SSSR count). The molecule has 70 valence electrons. The zero-order valence-corrected chi connectivity index (χ0v) is 6.72. The molecule has 12 heavy (non-hydrogen) atoms. The molecule has 0 amide bonds. The molecule has 0 unspecified atom stereocenters. The van der Waals surface area contributed by atoms with Gasteiger partial charge >= 0.3 is 5.97 Å². The van der Waals surface area contributed by atoms with Crippen molar-refractivity contribution < 1.29 is 18.3 Å². The van der Waals surface area contributed by atoms with Crippen LogP contribution < -0.4 is 5.73 Å². The van der Waals surface area contributed by atoms with Crippen LogP contribution in [0.3, 0.4) is 0 Å². The molecule has 0 radical (unpaired) electrons. The Kier molecular flexibility index (Phi) is 2.32. The lowest BCUT2D eigenvalue weighted by molar-refractivity contribution is -0.142. The lowest BCUT2D eigenvalue weighted by Gasteiger charge is -1.98. The smallest absolute Gasteiger partial charge is 0.302 e. The van der Waals surface area contributed by atoms with Crippen molar-refractivity contribution in [2.24, 2.45) is 17.6 Å². The Morgan fingerprint density at radius 3 is 2.50 bits per heavy atom. The highest BCUT2D eigenvalue weighted by atomic mass is 19.3. The van der Waals surface area contributed by atoms with Gasteiger partial charge in [0.2, 0.25) is 0 Å². The molecule has 1 fully saturated rings. The van der Waals surface area contributed by atoms with Gasteiger partial charge in [-0.3, -0.25) is 4.79 Å². The maximum atomic E-state index is 12.6. The first kappa shape index (κ1) is 9.38. The van der Waals surface area contributed by atoms with E-state index in [2.05, 4.69) is 4.74 Å². The predicted octanol–water partition coefficient (Wildman–Crippen LogP) is 0.389. The molecule has 0 aromatic carbocycles. The fourth-order valence-electron chi connectivity index (χ4n) is 1.22. The van der Waals surface area contributed by atoms with E-state index in [1.807, 2.05) is 0 Å². The monoisotopic (exact) mass is 179 g/mol. The van der Waals surface area contributed by atoms with Crippen LogP contribution in [0.15, 0.2) is 0 Å². The van der Waals surface area contributed by atoms with Crippen LogP contribution in [0.5, 0.6) is 0 Å². The summed E-state index contributed by atoms with van der Waals surface area (Å²) < 4.78 is 29.7. The number of ether oxygens (including phenoxy) is 1. The van der Waals surface area contributed by atoms with Crippen LogP contribution in [0.1, 0.15) is 6.92 Å². The molecular weight excluding hydrogens is 168 g/mol. The molecule has 1 aliphatic carbocycles. The second kappa shape index (κ2) is 2.97. The first-order chi connectivity index (χ1) is 5.50. The third kappa shape index (κ3) is 1.55. The van der Waals surface area contributed by atoms with Gasteiger partial charge in [-0.25, -0.2) is 8.78 Å². The number of hydrogen-bond acceptors (Lipinski definition) is 3. The molecule has 0 heterocycles. The normalized spacial score (nSPS) is 31.3. The maximum Gasteiger partial charge on any atom is 0.302 e. The minimum absolute atomic E-state index is 0.0566. The van der Waals surface area contributed by atoms with Gasteiger partial charge in [0, 0.05) is 19.4 Å². The van der Waals surface area contributed by atoms with E-state index in [4.69, 9.17) is 5.73 Å². The van der Waals surface area contributed by atoms with Crippen molar-refractivity contribution in [3.05, 3.63) is 0 Å². The highest BCUT2D eigenvalue weighted by molar-refractivity contribution is 5.65. The molecule has 0 saturated heterocycles. The molecular formula is C7H11F2NO2. The second-order valence-electron chi connectivity index (χ2n) is 2.93. The Morgan fingerprint density at radius 1 is 1.58 bits per heavy atom. The maximum absolute atomic E-state index is 12.6. The fourth-order valence-corrected chi connectivity index (χ4v) is 1.22. The van der Waals surface area contributed by atoms with Gasteiger partial charge in [0.1, 0.15) is 6.61 Å². The molecule has 2 N–H and O–H groups in total. The summed E-state index contributed by atoms with van der Waals surface area (Å²) in [4.78, 5) is 10.3. The van der Waals surface area contributed by atoms with E-state index in [0.717, 1.165) is 0 Å². The van der Waals surface area contributed by atoms with Crippen molar-refractivity contribution in [3.63, 3.8) is 0 Å². The van der Waals surface area contributed by atoms with Crippen LogP contribution >= 0.6 is 0 Å². The van der Waals surface area contributed by atoms with E-state index in [1.54, 1.807) is 0 Å². The van der Waals surface area contributed by atoms with Crippen LogP contribution in [-0.2, 0) is 9.53 Å². The number of carbonyl (C=O) groups is 1. The van der Waals surface area contributed by atoms with Gasteiger partial charge in [-0.05, 0) is 0 Å². The summed E-state index contributed by atoms with van der Waals surface area (Å²) in [6.45, 7) is 0.918. The first-order valence-corrected chi connectivity index (χ1v) is 3.71. The summed E-state index contributed by atoms with van der Waals surface area (Å²) in [7, 11) is 0. The lowest BCUT2D eigenvalue weighted by Crippen LogP contribution is -2.07. The van der Waals surface area contributed by atoms with Crippen molar-refractivity contribution in [1.29, 1.82) is 0 Å². The minimum Gasteiger partial charge on any atom is -0.465 e. The molecule has 0 aromatic rings. The third-order valence-corrected chi connectivity index (χ3v) is 2.09. The highest BCUT2D eigenvalue weighted by Crippen LogP contribution is 2.54. The SMILES string of the molecule is CC(=O)OC[C@@H]1[C@@H](CN)C1(F)F. The Balaban J connectivity index is 2.32. The Bertz CT molecular complexity index is 196. The lowest BCUT2D eigenvalue weighted by atomic mass is 10.3. The van der Waals surface area contributed by atoms with E-state index in [-0.39, 0.29) is 13.2 Å². The number of rotatable bonds is 3. The van der Waals surface area contributed by atoms with Crippen LogP contribution in [0.4, 0.5) is 8.78 Å². The summed E-state index contributed by atoms with van der Waals surface area (Å²) in [6.07, 6.45) is 0. The molecule has 0 aromatic heterocycles. The summed E-state index contributed by atoms with van der Waals surface area (Å²) in [5.74, 6) is -4.94. The largest absolute Gasteiger partial charge is 0.465 e. The molecule has 1 aliphatic rings.